The van der Waals surface area contributed by atoms with Gasteiger partial charge in [-0.3, -0.25) is 52.7 Å². The van der Waals surface area contributed by atoms with Gasteiger partial charge in [0.2, 0.25) is 11.7 Å². The Kier molecular flexibility index (Phi) is 61.9. The number of ether oxygens (including phenoxy) is 1. The number of piperidine rings is 1. The molecule has 2 aliphatic rings. The number of thiazole rings is 12. The summed E-state index contributed by atoms with van der Waals surface area (Å²) in [5, 5.41) is 9.03. The molecule has 0 aromatic carbocycles. The lowest BCUT2D eigenvalue weighted by molar-refractivity contribution is -0.133. The molecule has 15 heterocycles. The first-order chi connectivity index (χ1) is 70.5. The number of rotatable bonds is 39. The van der Waals surface area contributed by atoms with E-state index in [1.807, 2.05) is 106 Å². The van der Waals surface area contributed by atoms with Gasteiger partial charge in [-0.1, -0.05) is 33.1 Å². The van der Waals surface area contributed by atoms with Crippen molar-refractivity contribution in [1.82, 2.24) is 79.4 Å². The van der Waals surface area contributed by atoms with Gasteiger partial charge >= 0.3 is 6.18 Å². The first-order valence-electron chi connectivity index (χ1n) is 48.2. The molecular weight excluding hydrogens is 2130 g/mol. The Morgan fingerprint density at radius 3 is 1.09 bits per heavy atom. The van der Waals surface area contributed by atoms with Crippen LogP contribution in [0.3, 0.4) is 0 Å². The van der Waals surface area contributed by atoms with Gasteiger partial charge in [0.1, 0.15) is 17.4 Å². The van der Waals surface area contributed by atoms with E-state index < -0.39 is 24.8 Å². The molecule has 4 N–H and O–H groups in total. The first-order valence-corrected chi connectivity index (χ1v) is 58.1. The summed E-state index contributed by atoms with van der Waals surface area (Å²) < 4.78 is 45.1. The van der Waals surface area contributed by atoms with E-state index in [-0.39, 0.29) is 82.5 Å². The van der Waals surface area contributed by atoms with Crippen molar-refractivity contribution in [2.75, 3.05) is 86.9 Å². The Morgan fingerprint density at radius 2 is 0.770 bits per heavy atom. The molecule has 2 amide bonds. The molecule has 0 atom stereocenters. The number of Topliss-reactive ketones (excluding diaryl/α,β-unsaturated/α-hetero) is 9. The molecule has 2 saturated heterocycles. The minimum Gasteiger partial charge on any atom is -0.469 e. The third-order valence-electron chi connectivity index (χ3n) is 20.4. The fourth-order valence-electron chi connectivity index (χ4n) is 12.8. The number of ketones is 9. The van der Waals surface area contributed by atoms with Gasteiger partial charge in [0, 0.05) is 232 Å². The van der Waals surface area contributed by atoms with Crippen LogP contribution in [0.4, 0.5) is 18.3 Å². The van der Waals surface area contributed by atoms with Gasteiger partial charge in [0.05, 0.1) is 19.1 Å². The normalized spacial score (nSPS) is 11.9. The predicted octanol–water partition coefficient (Wildman–Crippen LogP) is 24.3. The number of alkyl halides is 3. The van der Waals surface area contributed by atoms with E-state index in [0.717, 1.165) is 166 Å². The SMILES string of the molecule is CCCCC(=O)c1ncc(C)s1.CCCCCC(=O)c1ncc(C)s1.COCC(=O)c1ncc(C)s1.Cc1cnc(C(=O)CCC(=O)N(C)C)s1.Cc1cnc(C(=O)CCC(F)(F)F)s1.Cc1cnc(C(=O)CCCCN(C)C)s1.Cc1cnc(C(=O)CCCCN)s1.Cc1cnc(C(=O)CCc2ccco2)s1.Cc1cnc(C(=O)Cc2nccs2)s1.Cc1cnc(C(=O)N2CCC(N3CCCC3)CC2)s1.Cc1cnc(N)s1. The number of methoxy groups -OCH3 is 1. The number of anilines is 1. The maximum atomic E-state index is 12.3. The number of nitrogen functional groups attached to an aromatic ring is 1. The Labute approximate surface area is 913 Å². The molecule has 46 heteroatoms. The van der Waals surface area contributed by atoms with E-state index >= 15 is 0 Å². The molecule has 0 spiro atoms. The number of carbonyl (C=O) groups excluding carboxylic acids is 11. The second-order valence-corrected chi connectivity index (χ2v) is 48.8. The highest BCUT2D eigenvalue weighted by Gasteiger charge is 2.31. The molecule has 806 valence electrons. The van der Waals surface area contributed by atoms with Crippen molar-refractivity contribution in [3.63, 3.8) is 0 Å². The molecule has 0 bridgehead atoms. The van der Waals surface area contributed by atoms with Crippen LogP contribution in [0.1, 0.15) is 318 Å². The zero-order valence-corrected chi connectivity index (χ0v) is 97.2. The summed E-state index contributed by atoms with van der Waals surface area (Å²) in [4.78, 5) is 194. The highest BCUT2D eigenvalue weighted by Crippen LogP contribution is 2.28. The minimum atomic E-state index is -4.28. The molecule has 0 unspecified atom stereocenters. The van der Waals surface area contributed by atoms with Gasteiger partial charge < -0.3 is 40.2 Å². The van der Waals surface area contributed by atoms with E-state index in [4.69, 9.17) is 15.9 Å². The molecule has 13 aromatic rings. The largest absolute Gasteiger partial charge is 0.469 e. The van der Waals surface area contributed by atoms with Crippen LogP contribution in [0, 0.1) is 76.2 Å². The van der Waals surface area contributed by atoms with Crippen molar-refractivity contribution in [3.8, 4) is 0 Å². The van der Waals surface area contributed by atoms with E-state index in [1.54, 1.807) is 95.4 Å². The van der Waals surface area contributed by atoms with Crippen molar-refractivity contribution >= 4 is 205 Å². The van der Waals surface area contributed by atoms with Crippen molar-refractivity contribution in [2.45, 2.75) is 256 Å². The number of hydrogen-bond acceptors (Lipinski definition) is 41. The van der Waals surface area contributed by atoms with Crippen LogP contribution in [0.5, 0.6) is 0 Å². The molecule has 0 saturated carbocycles. The molecule has 13 aromatic heterocycles. The molecule has 2 aliphatic heterocycles. The molecular formula is C102H137F3N18O13S12. The number of amides is 2. The van der Waals surface area contributed by atoms with E-state index in [2.05, 4.69) is 88.2 Å². The van der Waals surface area contributed by atoms with Crippen LogP contribution in [0.15, 0.2) is 103 Å². The van der Waals surface area contributed by atoms with Crippen molar-refractivity contribution in [3.05, 3.63) is 213 Å². The quantitative estimate of drug-likeness (QED) is 0.0267. The Balaban J connectivity index is 0.000000288. The molecule has 31 nitrogen and oxygen atoms in total. The minimum absolute atomic E-state index is 0.0309. The summed E-state index contributed by atoms with van der Waals surface area (Å²) in [5.41, 5.74) is 10.6. The lowest BCUT2D eigenvalue weighted by atomic mass is 10.0. The standard InChI is InChI=1S/C14H21N3OS.C11H18N2OS.C11H11NO2S.C10H14N2O2S.C10H15NOS.C9H8N2OS2.C9H14N2OS.C9H13NOS.C8H8F3NOS.C7H9NO2S.C4H6N2S/c1-11-10-15-13(19-11)14(18)17-8-4-12(5-9-17)16-6-2-3-7-16;1-9-8-12-11(15-9)10(14)6-4-5-7-13(2)3;1-8-7-12-11(15-8)10(13)5-4-9-3-2-6-14-9;1-7-6-11-10(15-7)8(13)4-5-9(14)12(2)3;1-3-4-5-6-9(12)10-11-7-8(2)13-10;1-6-5-11-9(14-6)7(12)4-8-10-2-3-13-8;1-7-6-11-9(13-7)8(12)4-2-3-5-10;1-3-4-5-8(11)9-10-6-7(2)12-9;1-5-4-12-7(14-5)6(13)2-3-8(9,10)11;1-5-3-8-7(11-5)6(9)4-10-2;1-3-2-6-4(5)7-3/h10,12H,2-9H2,1H3;8H,4-7H2,1-3H3;2-3,6-7H,4-5H2,1H3;6H,4-5H2,1-3H3;7H,3-6H2,1-2H3;2-3,5H,4H2,1H3;6H,2-5,10H2,1H3;6H,3-5H2,1-2H3;4H,2-3H2,1H3;3H,4H2,1-2H3;2H,1H3,(H2,5,6). The molecule has 15 rings (SSSR count). The zero-order chi connectivity index (χ0) is 109. The maximum absolute atomic E-state index is 12.3. The number of hydrogen-bond donors (Lipinski definition) is 2. The van der Waals surface area contributed by atoms with Crippen LogP contribution >= 0.6 is 136 Å². The fraction of sp³-hybridized carbons (Fsp3) is 0.500. The molecule has 148 heavy (non-hydrogen) atoms. The number of likely N-dealkylation sites (tertiary alicyclic amines) is 2. The number of aryl methyl sites for hydroxylation is 12. The summed E-state index contributed by atoms with van der Waals surface area (Å²) in [5.74, 6) is 1.16. The number of halogens is 3. The summed E-state index contributed by atoms with van der Waals surface area (Å²) in [6.07, 6.45) is 34.8. The molecule has 0 radical (unpaired) electrons. The van der Waals surface area contributed by atoms with E-state index in [0.29, 0.717) is 108 Å². The van der Waals surface area contributed by atoms with Gasteiger partial charge in [0.15, 0.2) is 101 Å². The summed E-state index contributed by atoms with van der Waals surface area (Å²) >= 11 is 17.2. The van der Waals surface area contributed by atoms with Gasteiger partial charge in [0.25, 0.3) is 5.91 Å². The maximum Gasteiger partial charge on any atom is 0.389 e. The number of furan rings is 1. The average molecular weight is 2270 g/mol. The van der Waals surface area contributed by atoms with E-state index in [1.165, 1.54) is 169 Å². The summed E-state index contributed by atoms with van der Waals surface area (Å²) in [6, 6.07) is 4.40. The van der Waals surface area contributed by atoms with Crippen LogP contribution in [0.2, 0.25) is 0 Å². The molecule has 0 aliphatic carbocycles. The Hall–Kier alpha value is -9.76. The first kappa shape index (κ1) is 129. The Bertz CT molecular complexity index is 6010. The van der Waals surface area contributed by atoms with Crippen molar-refractivity contribution in [1.29, 1.82) is 0 Å². The van der Waals surface area contributed by atoms with Gasteiger partial charge in [-0.2, -0.15) is 13.2 Å². The number of unbranched alkanes of at least 4 members (excludes halogenated alkanes) is 5. The number of carbonyl (C=O) groups is 11. The third kappa shape index (κ3) is 53.3. The number of aromatic nitrogens is 12. The lowest BCUT2D eigenvalue weighted by Gasteiger charge is -2.36. The van der Waals surface area contributed by atoms with Crippen molar-refractivity contribution in [2.24, 2.45) is 5.73 Å². The highest BCUT2D eigenvalue weighted by atomic mass is 32.1. The monoisotopic (exact) mass is 2260 g/mol. The lowest BCUT2D eigenvalue weighted by Crippen LogP contribution is -2.45. The van der Waals surface area contributed by atoms with E-state index in [9.17, 15) is 65.9 Å². The smallest absolute Gasteiger partial charge is 0.389 e. The number of nitrogens with zero attached hydrogens (tertiary/aromatic N) is 16. The fourth-order valence-corrected chi connectivity index (χ4v) is 21.2. The van der Waals surface area contributed by atoms with Crippen LogP contribution < -0.4 is 11.5 Å². The topological polar surface area (TPSA) is 430 Å². The van der Waals surface area contributed by atoms with Gasteiger partial charge in [-0.05, 0) is 193 Å². The second-order valence-electron chi connectivity index (χ2n) is 34.2. The van der Waals surface area contributed by atoms with Crippen LogP contribution in [-0.4, -0.2) is 237 Å². The van der Waals surface area contributed by atoms with Crippen LogP contribution in [0.25, 0.3) is 0 Å². The van der Waals surface area contributed by atoms with Gasteiger partial charge in [-0.25, -0.2) is 59.8 Å². The van der Waals surface area contributed by atoms with Crippen molar-refractivity contribution < 1.29 is 75.1 Å². The van der Waals surface area contributed by atoms with Crippen LogP contribution in [-0.2, 0) is 22.4 Å². The molecule has 2 fully saturated rings. The second kappa shape index (κ2) is 71.1. The predicted molar refractivity (Wildman–Crippen MR) is 595 cm³/mol. The summed E-state index contributed by atoms with van der Waals surface area (Å²) in [6.45, 7) is 31.6. The highest BCUT2D eigenvalue weighted by molar-refractivity contribution is 7.17. The van der Waals surface area contributed by atoms with Gasteiger partial charge in [-0.15, -0.1) is 136 Å². The zero-order valence-electron chi connectivity index (χ0n) is 87.4. The Morgan fingerprint density at radius 1 is 0.419 bits per heavy atom. The number of nitrogens with two attached hydrogens (primary N) is 2. The average Bonchev–Trinajstić information content (AvgIpc) is 1.70. The third-order valence-corrected chi connectivity index (χ3v) is 31.4. The summed E-state index contributed by atoms with van der Waals surface area (Å²) in [7, 11) is 8.96.